The highest BCUT2D eigenvalue weighted by Crippen LogP contribution is 2.18. The van der Waals surface area contributed by atoms with Crippen molar-refractivity contribution < 1.29 is 0 Å². The molecule has 2 aromatic carbocycles. The smallest absolute Gasteiger partial charge is 0.0949 e. The van der Waals surface area contributed by atoms with E-state index in [1.165, 1.54) is 22.3 Å². The molecular formula is C19H19ClN2. The number of benzene rings is 2. The van der Waals surface area contributed by atoms with Crippen LogP contribution in [0, 0.1) is 6.92 Å². The van der Waals surface area contributed by atoms with E-state index in [4.69, 9.17) is 11.6 Å². The Labute approximate surface area is 136 Å². The summed E-state index contributed by atoms with van der Waals surface area (Å²) < 4.78 is 2.05. The zero-order valence-electron chi connectivity index (χ0n) is 12.7. The van der Waals surface area contributed by atoms with Crippen LogP contribution in [0.5, 0.6) is 0 Å². The van der Waals surface area contributed by atoms with Crippen LogP contribution in [-0.2, 0) is 19.4 Å². The van der Waals surface area contributed by atoms with Crippen LogP contribution in [0.4, 0.5) is 0 Å². The van der Waals surface area contributed by atoms with E-state index < -0.39 is 0 Å². The first-order valence-electron chi connectivity index (χ1n) is 7.49. The zero-order chi connectivity index (χ0) is 15.4. The molecule has 3 aromatic rings. The third-order valence-electron chi connectivity index (χ3n) is 3.76. The molecule has 0 radical (unpaired) electrons. The second-order valence-electron chi connectivity index (χ2n) is 5.69. The van der Waals surface area contributed by atoms with Gasteiger partial charge in [0, 0.05) is 24.0 Å². The summed E-state index contributed by atoms with van der Waals surface area (Å²) in [5.41, 5.74) is 5.16. The number of halogens is 1. The molecule has 112 valence electrons. The molecule has 0 spiro atoms. The van der Waals surface area contributed by atoms with Gasteiger partial charge < -0.3 is 4.57 Å². The fourth-order valence-corrected chi connectivity index (χ4v) is 2.87. The van der Waals surface area contributed by atoms with E-state index in [1.54, 1.807) is 6.20 Å². The molecule has 0 bridgehead atoms. The molecule has 0 amide bonds. The number of hydrogen-bond donors (Lipinski definition) is 0. The van der Waals surface area contributed by atoms with Gasteiger partial charge in [0.1, 0.15) is 0 Å². The normalized spacial score (nSPS) is 10.8. The molecule has 0 aliphatic rings. The van der Waals surface area contributed by atoms with Gasteiger partial charge in [0.2, 0.25) is 0 Å². The third-order valence-corrected chi connectivity index (χ3v) is 3.98. The van der Waals surface area contributed by atoms with Crippen molar-refractivity contribution in [2.75, 3.05) is 0 Å². The largest absolute Gasteiger partial charge is 0.333 e. The molecule has 0 N–H and O–H groups in total. The maximum Gasteiger partial charge on any atom is 0.0949 e. The van der Waals surface area contributed by atoms with Crippen LogP contribution in [0.2, 0.25) is 5.02 Å². The van der Waals surface area contributed by atoms with Gasteiger partial charge in [0.05, 0.1) is 6.33 Å². The van der Waals surface area contributed by atoms with E-state index in [0.29, 0.717) is 0 Å². The van der Waals surface area contributed by atoms with Crippen LogP contribution in [0.3, 0.4) is 0 Å². The highest BCUT2D eigenvalue weighted by atomic mass is 35.5. The quantitative estimate of drug-likeness (QED) is 0.669. The first-order valence-corrected chi connectivity index (χ1v) is 7.86. The average Bonchev–Trinajstić information content (AvgIpc) is 2.99. The Morgan fingerprint density at radius 2 is 1.68 bits per heavy atom. The topological polar surface area (TPSA) is 17.8 Å². The van der Waals surface area contributed by atoms with E-state index in [-0.39, 0.29) is 0 Å². The van der Waals surface area contributed by atoms with Crippen molar-refractivity contribution in [3.05, 3.63) is 88.5 Å². The second kappa shape index (κ2) is 6.80. The minimum Gasteiger partial charge on any atom is -0.333 e. The van der Waals surface area contributed by atoms with Crippen LogP contribution in [-0.4, -0.2) is 9.55 Å². The monoisotopic (exact) mass is 310 g/mol. The Morgan fingerprint density at radius 1 is 0.955 bits per heavy atom. The minimum atomic E-state index is 0.802. The van der Waals surface area contributed by atoms with E-state index in [9.17, 15) is 0 Å². The maximum absolute atomic E-state index is 6.27. The summed E-state index contributed by atoms with van der Waals surface area (Å²) in [7, 11) is 0. The number of aromatic nitrogens is 2. The van der Waals surface area contributed by atoms with Crippen molar-refractivity contribution in [1.82, 2.24) is 9.55 Å². The third kappa shape index (κ3) is 3.99. The lowest BCUT2D eigenvalue weighted by Crippen LogP contribution is -1.99. The SMILES string of the molecule is Cc1ccc(CCc2cc(Cl)cc(Cn3ccnc3)c2)cc1. The summed E-state index contributed by atoms with van der Waals surface area (Å²) >= 11 is 6.27. The standard InChI is InChI=1S/C19H19ClN2/c1-15-2-4-16(5-3-15)6-7-17-10-18(12-19(20)11-17)13-22-9-8-21-14-22/h2-5,8-12,14H,6-7,13H2,1H3. The molecule has 1 aromatic heterocycles. The van der Waals surface area contributed by atoms with Crippen molar-refractivity contribution in [2.24, 2.45) is 0 Å². The predicted molar refractivity (Wildman–Crippen MR) is 91.4 cm³/mol. The first kappa shape index (κ1) is 14.9. The Kier molecular flexibility index (Phi) is 4.59. The number of aryl methyl sites for hydroxylation is 3. The molecule has 3 heteroatoms. The van der Waals surface area contributed by atoms with Crippen LogP contribution >= 0.6 is 11.6 Å². The van der Waals surface area contributed by atoms with Crippen LogP contribution in [0.15, 0.2) is 61.2 Å². The summed E-state index contributed by atoms with van der Waals surface area (Å²) in [6.07, 6.45) is 7.62. The fourth-order valence-electron chi connectivity index (χ4n) is 2.59. The van der Waals surface area contributed by atoms with E-state index in [1.807, 2.05) is 18.6 Å². The number of rotatable bonds is 5. The highest BCUT2D eigenvalue weighted by Gasteiger charge is 2.02. The summed E-state index contributed by atoms with van der Waals surface area (Å²) in [6, 6.07) is 15.1. The van der Waals surface area contributed by atoms with Gasteiger partial charge in [-0.25, -0.2) is 4.98 Å². The molecule has 0 aliphatic carbocycles. The molecule has 0 unspecified atom stereocenters. The van der Waals surface area contributed by atoms with Gasteiger partial charge in [-0.05, 0) is 48.6 Å². The lowest BCUT2D eigenvalue weighted by atomic mass is 10.0. The second-order valence-corrected chi connectivity index (χ2v) is 6.12. The van der Waals surface area contributed by atoms with Gasteiger partial charge >= 0.3 is 0 Å². The maximum atomic E-state index is 6.27. The van der Waals surface area contributed by atoms with Gasteiger partial charge in [-0.15, -0.1) is 0 Å². The molecule has 2 nitrogen and oxygen atoms in total. The number of nitrogens with zero attached hydrogens (tertiary/aromatic N) is 2. The first-order chi connectivity index (χ1) is 10.7. The van der Waals surface area contributed by atoms with Gasteiger partial charge in [-0.3, -0.25) is 0 Å². The lowest BCUT2D eigenvalue weighted by molar-refractivity contribution is 0.794. The molecule has 0 saturated carbocycles. The van der Waals surface area contributed by atoms with E-state index >= 15 is 0 Å². The number of hydrogen-bond acceptors (Lipinski definition) is 1. The molecule has 1 heterocycles. The summed E-state index contributed by atoms with van der Waals surface area (Å²) in [4.78, 5) is 4.08. The van der Waals surface area contributed by atoms with Gasteiger partial charge in [0.15, 0.2) is 0 Å². The van der Waals surface area contributed by atoms with Crippen molar-refractivity contribution in [2.45, 2.75) is 26.3 Å². The van der Waals surface area contributed by atoms with E-state index in [2.05, 4.69) is 52.9 Å². The van der Waals surface area contributed by atoms with Gasteiger partial charge in [-0.2, -0.15) is 0 Å². The van der Waals surface area contributed by atoms with Crippen molar-refractivity contribution >= 4 is 11.6 Å². The summed E-state index contributed by atoms with van der Waals surface area (Å²) in [5, 5.41) is 0.802. The predicted octanol–water partition coefficient (Wildman–Crippen LogP) is 4.68. The van der Waals surface area contributed by atoms with Gasteiger partial charge in [-0.1, -0.05) is 47.5 Å². The zero-order valence-corrected chi connectivity index (χ0v) is 13.4. The van der Waals surface area contributed by atoms with Crippen LogP contribution in [0.25, 0.3) is 0 Å². The lowest BCUT2D eigenvalue weighted by Gasteiger charge is -2.08. The van der Waals surface area contributed by atoms with Crippen LogP contribution < -0.4 is 0 Å². The Bertz CT molecular complexity index is 731. The molecule has 0 fully saturated rings. The Balaban J connectivity index is 1.70. The molecular weight excluding hydrogens is 292 g/mol. The van der Waals surface area contributed by atoms with E-state index in [0.717, 1.165) is 24.4 Å². The molecule has 0 atom stereocenters. The fraction of sp³-hybridized carbons (Fsp3) is 0.211. The van der Waals surface area contributed by atoms with Crippen molar-refractivity contribution in [1.29, 1.82) is 0 Å². The molecule has 3 rings (SSSR count). The highest BCUT2D eigenvalue weighted by molar-refractivity contribution is 6.30. The summed E-state index contributed by atoms with van der Waals surface area (Å²) in [5.74, 6) is 0. The van der Waals surface area contributed by atoms with Gasteiger partial charge in [0.25, 0.3) is 0 Å². The molecule has 0 aliphatic heterocycles. The minimum absolute atomic E-state index is 0.802. The average molecular weight is 311 g/mol. The Morgan fingerprint density at radius 3 is 2.41 bits per heavy atom. The molecule has 22 heavy (non-hydrogen) atoms. The van der Waals surface area contributed by atoms with Crippen LogP contribution in [0.1, 0.15) is 22.3 Å². The van der Waals surface area contributed by atoms with Crippen molar-refractivity contribution in [3.63, 3.8) is 0 Å². The van der Waals surface area contributed by atoms with Crippen molar-refractivity contribution in [3.8, 4) is 0 Å². The number of imidazole rings is 1. The molecule has 0 saturated heterocycles. The summed E-state index contributed by atoms with van der Waals surface area (Å²) in [6.45, 7) is 2.92. The Hall–Kier alpha value is -2.06.